The van der Waals surface area contributed by atoms with Gasteiger partial charge in [-0.2, -0.15) is 0 Å². The van der Waals surface area contributed by atoms with E-state index in [1.807, 2.05) is 0 Å². The summed E-state index contributed by atoms with van der Waals surface area (Å²) in [4.78, 5) is 22.8. The van der Waals surface area contributed by atoms with Crippen LogP contribution in [0.4, 0.5) is 0 Å². The number of nitrogens with one attached hydrogen (secondary N) is 1. The van der Waals surface area contributed by atoms with Crippen molar-refractivity contribution >= 4 is 11.9 Å². The lowest BCUT2D eigenvalue weighted by molar-refractivity contribution is -0.139. The maximum Gasteiger partial charge on any atom is 0.326 e. The second kappa shape index (κ2) is 4.56. The van der Waals surface area contributed by atoms with Gasteiger partial charge in [-0.25, -0.2) is 4.79 Å². The van der Waals surface area contributed by atoms with Crippen molar-refractivity contribution in [3.05, 3.63) is 23.8 Å². The Bertz CT molecular complexity index is 495. The second-order valence-corrected chi connectivity index (χ2v) is 4.33. The van der Waals surface area contributed by atoms with Crippen LogP contribution in [-0.2, 0) is 4.79 Å². The molecule has 1 atom stereocenters. The number of carboxylic acids is 1. The number of amides is 1. The third-order valence-electron chi connectivity index (χ3n) is 2.87. The Morgan fingerprint density at radius 3 is 2.50 bits per heavy atom. The molecule has 1 aliphatic carbocycles. The Morgan fingerprint density at radius 2 is 1.94 bits per heavy atom. The van der Waals surface area contributed by atoms with E-state index in [2.05, 4.69) is 5.32 Å². The molecule has 0 saturated heterocycles. The molecule has 0 heterocycles. The van der Waals surface area contributed by atoms with Crippen LogP contribution in [-0.4, -0.2) is 33.2 Å². The van der Waals surface area contributed by atoms with Crippen molar-refractivity contribution in [1.29, 1.82) is 0 Å². The number of rotatable bonds is 4. The molecule has 1 aliphatic rings. The summed E-state index contributed by atoms with van der Waals surface area (Å²) in [6.45, 7) is 0. The number of carbonyl (C=O) groups is 2. The van der Waals surface area contributed by atoms with Crippen LogP contribution >= 0.6 is 0 Å². The molecule has 1 aromatic rings. The van der Waals surface area contributed by atoms with Crippen LogP contribution < -0.4 is 5.32 Å². The van der Waals surface area contributed by atoms with Crippen LogP contribution in [0.3, 0.4) is 0 Å². The van der Waals surface area contributed by atoms with Gasteiger partial charge in [-0.3, -0.25) is 4.79 Å². The normalized spacial score (nSPS) is 16.0. The molecule has 4 N–H and O–H groups in total. The van der Waals surface area contributed by atoms with Gasteiger partial charge in [0.2, 0.25) is 0 Å². The Hall–Kier alpha value is -2.24. The average molecular weight is 251 g/mol. The summed E-state index contributed by atoms with van der Waals surface area (Å²) in [6, 6.07) is 2.56. The lowest BCUT2D eigenvalue weighted by Crippen LogP contribution is -2.42. The van der Waals surface area contributed by atoms with E-state index in [0.29, 0.717) is 0 Å². The summed E-state index contributed by atoms with van der Waals surface area (Å²) >= 11 is 0. The average Bonchev–Trinajstić information content (AvgIpc) is 3.12. The maximum atomic E-state index is 11.8. The van der Waals surface area contributed by atoms with E-state index in [1.165, 1.54) is 12.1 Å². The smallest absolute Gasteiger partial charge is 0.326 e. The number of hydrogen-bond donors (Lipinski definition) is 4. The summed E-state index contributed by atoms with van der Waals surface area (Å²) in [5.41, 5.74) is -0.137. The van der Waals surface area contributed by atoms with Crippen LogP contribution in [0.15, 0.2) is 18.2 Å². The highest BCUT2D eigenvalue weighted by molar-refractivity contribution is 5.99. The van der Waals surface area contributed by atoms with E-state index in [9.17, 15) is 19.8 Å². The van der Waals surface area contributed by atoms with Crippen molar-refractivity contribution in [1.82, 2.24) is 5.32 Å². The van der Waals surface area contributed by atoms with E-state index in [1.54, 1.807) is 0 Å². The lowest BCUT2D eigenvalue weighted by atomic mass is 10.1. The first-order valence-corrected chi connectivity index (χ1v) is 5.54. The van der Waals surface area contributed by atoms with Crippen molar-refractivity contribution in [2.24, 2.45) is 5.92 Å². The molecule has 0 aromatic heterocycles. The van der Waals surface area contributed by atoms with Crippen molar-refractivity contribution < 1.29 is 24.9 Å². The fraction of sp³-hybridized carbons (Fsp3) is 0.333. The van der Waals surface area contributed by atoms with Crippen LogP contribution in [0.2, 0.25) is 0 Å². The summed E-state index contributed by atoms with van der Waals surface area (Å²) in [6.07, 6.45) is 1.53. The summed E-state index contributed by atoms with van der Waals surface area (Å²) < 4.78 is 0. The summed E-state index contributed by atoms with van der Waals surface area (Å²) in [7, 11) is 0. The molecular weight excluding hydrogens is 238 g/mol. The largest absolute Gasteiger partial charge is 0.508 e. The van der Waals surface area contributed by atoms with E-state index in [4.69, 9.17) is 5.11 Å². The molecule has 0 spiro atoms. The SMILES string of the molecule is O=C(NC(C(=O)O)C1CC1)c1cc(O)ccc1O. The molecule has 1 fully saturated rings. The highest BCUT2D eigenvalue weighted by atomic mass is 16.4. The third kappa shape index (κ3) is 2.53. The van der Waals surface area contributed by atoms with Crippen LogP contribution in [0.1, 0.15) is 23.2 Å². The molecule has 6 heteroatoms. The monoisotopic (exact) mass is 251 g/mol. The van der Waals surface area contributed by atoms with Gasteiger partial charge in [0.1, 0.15) is 17.5 Å². The Labute approximate surface area is 103 Å². The van der Waals surface area contributed by atoms with Gasteiger partial charge in [0, 0.05) is 0 Å². The zero-order chi connectivity index (χ0) is 13.3. The standard InChI is InChI=1S/C12H13NO5/c14-7-3-4-9(15)8(5-7)11(16)13-10(12(17)18)6-1-2-6/h3-6,10,14-15H,1-2H2,(H,13,16)(H,17,18). The number of aliphatic carboxylic acids is 1. The molecule has 0 radical (unpaired) electrons. The van der Waals surface area contributed by atoms with Crippen LogP contribution in [0.5, 0.6) is 11.5 Å². The van der Waals surface area contributed by atoms with E-state index < -0.39 is 17.9 Å². The minimum atomic E-state index is -1.09. The van der Waals surface area contributed by atoms with Gasteiger partial charge in [-0.1, -0.05) is 0 Å². The van der Waals surface area contributed by atoms with Gasteiger partial charge in [0.15, 0.2) is 0 Å². The molecule has 1 aromatic carbocycles. The molecule has 1 saturated carbocycles. The Kier molecular flexibility index (Phi) is 3.10. The van der Waals surface area contributed by atoms with Crippen LogP contribution in [0.25, 0.3) is 0 Å². The Morgan fingerprint density at radius 1 is 1.28 bits per heavy atom. The zero-order valence-corrected chi connectivity index (χ0v) is 9.46. The number of carboxylic acid groups (broad SMARTS) is 1. The maximum absolute atomic E-state index is 11.8. The molecule has 2 rings (SSSR count). The molecule has 6 nitrogen and oxygen atoms in total. The number of phenols is 2. The third-order valence-corrected chi connectivity index (χ3v) is 2.87. The second-order valence-electron chi connectivity index (χ2n) is 4.33. The van der Waals surface area contributed by atoms with Crippen molar-refractivity contribution in [3.63, 3.8) is 0 Å². The predicted octanol–water partition coefficient (Wildman–Crippen LogP) is 0.691. The first-order valence-electron chi connectivity index (χ1n) is 5.54. The molecule has 0 bridgehead atoms. The van der Waals surface area contributed by atoms with Crippen LogP contribution in [0, 0.1) is 5.92 Å². The number of hydrogen-bond acceptors (Lipinski definition) is 4. The highest BCUT2D eigenvalue weighted by Crippen LogP contribution is 2.33. The van der Waals surface area contributed by atoms with Crippen molar-refractivity contribution in [2.45, 2.75) is 18.9 Å². The van der Waals surface area contributed by atoms with Gasteiger partial charge < -0.3 is 20.6 Å². The van der Waals surface area contributed by atoms with Gasteiger partial charge in [-0.15, -0.1) is 0 Å². The minimum Gasteiger partial charge on any atom is -0.508 e. The molecule has 1 unspecified atom stereocenters. The number of phenolic OH excluding ortho intramolecular Hbond substituents is 2. The summed E-state index contributed by atoms with van der Waals surface area (Å²) in [5, 5.41) is 30.1. The fourth-order valence-corrected chi connectivity index (χ4v) is 1.74. The number of benzene rings is 1. The van der Waals surface area contributed by atoms with Gasteiger partial charge in [0.05, 0.1) is 5.56 Å². The molecular formula is C12H13NO5. The highest BCUT2D eigenvalue weighted by Gasteiger charge is 2.37. The van der Waals surface area contributed by atoms with Gasteiger partial charge >= 0.3 is 5.97 Å². The Balaban J connectivity index is 2.15. The van der Waals surface area contributed by atoms with Gasteiger partial charge in [-0.05, 0) is 37.0 Å². The van der Waals surface area contributed by atoms with Gasteiger partial charge in [0.25, 0.3) is 5.91 Å². The molecule has 96 valence electrons. The molecule has 1 amide bonds. The predicted molar refractivity (Wildman–Crippen MR) is 61.4 cm³/mol. The number of aromatic hydroxyl groups is 2. The quantitative estimate of drug-likeness (QED) is 0.589. The first-order chi connectivity index (χ1) is 8.49. The minimum absolute atomic E-state index is 0.0501. The van der Waals surface area contributed by atoms with E-state index in [-0.39, 0.29) is 23.0 Å². The zero-order valence-electron chi connectivity index (χ0n) is 9.46. The lowest BCUT2D eigenvalue weighted by Gasteiger charge is -2.14. The number of carbonyl (C=O) groups excluding carboxylic acids is 1. The topological polar surface area (TPSA) is 107 Å². The summed E-state index contributed by atoms with van der Waals surface area (Å²) in [5.74, 6) is -2.32. The first kappa shape index (κ1) is 12.2. The molecule has 0 aliphatic heterocycles. The van der Waals surface area contributed by atoms with E-state index in [0.717, 1.165) is 18.9 Å². The van der Waals surface area contributed by atoms with E-state index >= 15 is 0 Å². The van der Waals surface area contributed by atoms with Crippen molar-refractivity contribution in [2.75, 3.05) is 0 Å². The van der Waals surface area contributed by atoms with Crippen molar-refractivity contribution in [3.8, 4) is 11.5 Å². The fourth-order valence-electron chi connectivity index (χ4n) is 1.74. The molecule has 18 heavy (non-hydrogen) atoms.